The first kappa shape index (κ1) is 10.4. The Hall–Kier alpha value is -2.80. The quantitative estimate of drug-likeness (QED) is 0.704. The lowest BCUT2D eigenvalue weighted by atomic mass is 10.1. The van der Waals surface area contributed by atoms with Gasteiger partial charge < -0.3 is 9.52 Å². The van der Waals surface area contributed by atoms with E-state index in [1.54, 1.807) is 24.3 Å². The van der Waals surface area contributed by atoms with Gasteiger partial charge in [-0.15, -0.1) is 0 Å². The van der Waals surface area contributed by atoms with Crippen molar-refractivity contribution in [2.45, 2.75) is 0 Å². The van der Waals surface area contributed by atoms with Gasteiger partial charge in [-0.3, -0.25) is 0 Å². The molecule has 0 atom stereocenters. The summed E-state index contributed by atoms with van der Waals surface area (Å²) < 4.78 is 5.58. The maximum Gasteiger partial charge on any atom is 0.228 e. The normalized spacial score (nSPS) is 10.4. The Morgan fingerprint density at radius 2 is 2.00 bits per heavy atom. The van der Waals surface area contributed by atoms with Crippen molar-refractivity contribution in [3.05, 3.63) is 48.0 Å². The summed E-state index contributed by atoms with van der Waals surface area (Å²) in [6.45, 7) is 0. The lowest BCUT2D eigenvalue weighted by Gasteiger charge is -1.96. The van der Waals surface area contributed by atoms with E-state index in [2.05, 4.69) is 11.1 Å². The number of fused-ring (bicyclic) bond motifs is 1. The highest BCUT2D eigenvalue weighted by molar-refractivity contribution is 5.78. The van der Waals surface area contributed by atoms with Crippen molar-refractivity contribution in [3.8, 4) is 23.3 Å². The van der Waals surface area contributed by atoms with Gasteiger partial charge in [-0.2, -0.15) is 5.26 Å². The van der Waals surface area contributed by atoms with E-state index < -0.39 is 0 Å². The van der Waals surface area contributed by atoms with Crippen LogP contribution < -0.4 is 0 Å². The number of aromatic nitrogens is 1. The first-order valence-corrected chi connectivity index (χ1v) is 5.37. The Morgan fingerprint density at radius 3 is 2.83 bits per heavy atom. The van der Waals surface area contributed by atoms with Crippen molar-refractivity contribution in [1.29, 1.82) is 5.26 Å². The summed E-state index contributed by atoms with van der Waals surface area (Å²) >= 11 is 0. The minimum Gasteiger partial charge on any atom is -0.508 e. The van der Waals surface area contributed by atoms with E-state index in [1.165, 1.54) is 12.1 Å². The number of aromatic hydroxyl groups is 1. The van der Waals surface area contributed by atoms with Crippen LogP contribution in [-0.2, 0) is 0 Å². The van der Waals surface area contributed by atoms with E-state index in [0.29, 0.717) is 28.1 Å². The van der Waals surface area contributed by atoms with Crippen LogP contribution in [-0.4, -0.2) is 10.1 Å². The van der Waals surface area contributed by atoms with Gasteiger partial charge in [0.05, 0.1) is 17.2 Å². The number of rotatable bonds is 1. The van der Waals surface area contributed by atoms with E-state index >= 15 is 0 Å². The third-order valence-corrected chi connectivity index (χ3v) is 2.65. The monoisotopic (exact) mass is 236 g/mol. The highest BCUT2D eigenvalue weighted by Crippen LogP contribution is 2.28. The number of benzene rings is 2. The van der Waals surface area contributed by atoms with Gasteiger partial charge in [0.25, 0.3) is 0 Å². The zero-order valence-corrected chi connectivity index (χ0v) is 9.29. The molecule has 0 saturated carbocycles. The van der Waals surface area contributed by atoms with Gasteiger partial charge in [-0.25, -0.2) is 4.98 Å². The second-order valence-electron chi connectivity index (χ2n) is 3.83. The molecule has 0 amide bonds. The molecular weight excluding hydrogens is 228 g/mol. The molecule has 2 aromatic carbocycles. The molecule has 0 aliphatic rings. The largest absolute Gasteiger partial charge is 0.508 e. The molecule has 0 saturated heterocycles. The Labute approximate surface area is 103 Å². The second kappa shape index (κ2) is 3.90. The highest BCUT2D eigenvalue weighted by atomic mass is 16.3. The van der Waals surface area contributed by atoms with E-state index in [-0.39, 0.29) is 5.75 Å². The molecule has 0 bridgehead atoms. The number of hydrogen-bond donors (Lipinski definition) is 1. The van der Waals surface area contributed by atoms with Gasteiger partial charge in [0.15, 0.2) is 5.58 Å². The lowest BCUT2D eigenvalue weighted by molar-refractivity contribution is 0.476. The molecule has 1 heterocycles. The molecule has 4 nitrogen and oxygen atoms in total. The van der Waals surface area contributed by atoms with E-state index in [4.69, 9.17) is 9.68 Å². The Bertz CT molecular complexity index is 769. The summed E-state index contributed by atoms with van der Waals surface area (Å²) in [5.74, 6) is 0.517. The molecule has 86 valence electrons. The van der Waals surface area contributed by atoms with E-state index in [9.17, 15) is 5.11 Å². The van der Waals surface area contributed by atoms with E-state index in [1.807, 2.05) is 6.07 Å². The van der Waals surface area contributed by atoms with Crippen LogP contribution in [0.15, 0.2) is 46.9 Å². The number of hydrogen-bond acceptors (Lipinski definition) is 4. The van der Waals surface area contributed by atoms with Crippen molar-refractivity contribution >= 4 is 11.1 Å². The van der Waals surface area contributed by atoms with Gasteiger partial charge in [-0.05, 0) is 24.3 Å². The molecule has 3 aromatic rings. The maximum absolute atomic E-state index is 9.38. The first-order valence-electron chi connectivity index (χ1n) is 5.37. The van der Waals surface area contributed by atoms with Crippen LogP contribution in [0.1, 0.15) is 5.56 Å². The summed E-state index contributed by atoms with van der Waals surface area (Å²) in [4.78, 5) is 4.27. The molecule has 0 radical (unpaired) electrons. The fourth-order valence-electron chi connectivity index (χ4n) is 1.80. The van der Waals surface area contributed by atoms with Crippen LogP contribution in [0.4, 0.5) is 0 Å². The van der Waals surface area contributed by atoms with Gasteiger partial charge in [0.2, 0.25) is 5.89 Å². The summed E-state index contributed by atoms with van der Waals surface area (Å²) in [5.41, 5.74) is 2.30. The Balaban J connectivity index is 2.23. The molecule has 1 N–H and O–H groups in total. The number of phenols is 1. The predicted octanol–water partition coefficient (Wildman–Crippen LogP) is 3.07. The third kappa shape index (κ3) is 1.59. The van der Waals surface area contributed by atoms with Gasteiger partial charge in [0, 0.05) is 6.07 Å². The molecule has 3 rings (SSSR count). The minimum atomic E-state index is 0.135. The molecule has 4 heteroatoms. The number of nitrogens with zero attached hydrogens (tertiary/aromatic N) is 2. The van der Waals surface area contributed by atoms with Crippen LogP contribution in [0, 0.1) is 11.3 Å². The number of nitriles is 1. The van der Waals surface area contributed by atoms with Gasteiger partial charge in [-0.1, -0.05) is 12.1 Å². The molecule has 0 fully saturated rings. The standard InChI is InChI=1S/C14H8N2O2/c15-8-9-3-1-2-4-11(9)14-16-12-7-10(17)5-6-13(12)18-14/h1-7,17H. The van der Waals surface area contributed by atoms with Gasteiger partial charge in [0.1, 0.15) is 11.3 Å². The molecule has 18 heavy (non-hydrogen) atoms. The second-order valence-corrected chi connectivity index (χ2v) is 3.83. The van der Waals surface area contributed by atoms with E-state index in [0.717, 1.165) is 0 Å². The van der Waals surface area contributed by atoms with Crippen LogP contribution in [0.5, 0.6) is 5.75 Å². The number of phenolic OH excluding ortho intramolecular Hbond substituents is 1. The summed E-state index contributed by atoms with van der Waals surface area (Å²) in [6.07, 6.45) is 0. The average Bonchev–Trinajstić information content (AvgIpc) is 2.81. The first-order chi connectivity index (χ1) is 8.78. The topological polar surface area (TPSA) is 70.0 Å². The Kier molecular flexibility index (Phi) is 2.24. The predicted molar refractivity (Wildman–Crippen MR) is 65.8 cm³/mol. The van der Waals surface area contributed by atoms with Crippen LogP contribution in [0.3, 0.4) is 0 Å². The zero-order valence-electron chi connectivity index (χ0n) is 9.29. The van der Waals surface area contributed by atoms with Crippen molar-refractivity contribution in [2.24, 2.45) is 0 Å². The SMILES string of the molecule is N#Cc1ccccc1-c1nc2cc(O)ccc2o1. The van der Waals surface area contributed by atoms with Crippen molar-refractivity contribution in [2.75, 3.05) is 0 Å². The van der Waals surface area contributed by atoms with Crippen LogP contribution >= 0.6 is 0 Å². The third-order valence-electron chi connectivity index (χ3n) is 2.65. The van der Waals surface area contributed by atoms with Crippen LogP contribution in [0.2, 0.25) is 0 Å². The molecule has 0 aliphatic heterocycles. The Morgan fingerprint density at radius 1 is 1.17 bits per heavy atom. The number of oxazole rings is 1. The summed E-state index contributed by atoms with van der Waals surface area (Å²) in [7, 11) is 0. The zero-order chi connectivity index (χ0) is 12.5. The molecule has 0 unspecified atom stereocenters. The lowest BCUT2D eigenvalue weighted by Crippen LogP contribution is -1.82. The maximum atomic E-state index is 9.38. The fourth-order valence-corrected chi connectivity index (χ4v) is 1.80. The summed E-state index contributed by atoms with van der Waals surface area (Å²) in [6, 6.07) is 13.9. The average molecular weight is 236 g/mol. The van der Waals surface area contributed by atoms with Gasteiger partial charge >= 0.3 is 0 Å². The van der Waals surface area contributed by atoms with Crippen molar-refractivity contribution < 1.29 is 9.52 Å². The molecule has 0 aliphatic carbocycles. The highest BCUT2D eigenvalue weighted by Gasteiger charge is 2.11. The minimum absolute atomic E-state index is 0.135. The summed E-state index contributed by atoms with van der Waals surface area (Å²) in [5, 5.41) is 18.4. The molecule has 0 spiro atoms. The smallest absolute Gasteiger partial charge is 0.228 e. The van der Waals surface area contributed by atoms with Crippen molar-refractivity contribution in [1.82, 2.24) is 4.98 Å². The molecule has 1 aromatic heterocycles. The molecular formula is C14H8N2O2. The fraction of sp³-hybridized carbons (Fsp3) is 0. The van der Waals surface area contributed by atoms with Crippen LogP contribution in [0.25, 0.3) is 22.6 Å². The van der Waals surface area contributed by atoms with Crippen molar-refractivity contribution in [3.63, 3.8) is 0 Å².